The van der Waals surface area contributed by atoms with Crippen LogP contribution in [0.1, 0.15) is 29.5 Å². The highest BCUT2D eigenvalue weighted by Crippen LogP contribution is 2.37. The van der Waals surface area contributed by atoms with Crippen molar-refractivity contribution in [3.05, 3.63) is 34.8 Å². The predicted molar refractivity (Wildman–Crippen MR) is 67.1 cm³/mol. The molecule has 3 nitrogen and oxygen atoms in total. The Morgan fingerprint density at radius 2 is 2.00 bits per heavy atom. The lowest BCUT2D eigenvalue weighted by Crippen LogP contribution is -2.07. The molecule has 0 radical (unpaired) electrons. The highest BCUT2D eigenvalue weighted by atomic mass is 32.1. The lowest BCUT2D eigenvalue weighted by atomic mass is 10.0. The highest BCUT2D eigenvalue weighted by molar-refractivity contribution is 7.15. The van der Waals surface area contributed by atoms with E-state index in [-0.39, 0.29) is 5.75 Å². The van der Waals surface area contributed by atoms with Gasteiger partial charge in [0.15, 0.2) is 0 Å². The Kier molecular flexibility index (Phi) is 2.61. The monoisotopic (exact) mass is 247 g/mol. The zero-order valence-electron chi connectivity index (χ0n) is 9.26. The Morgan fingerprint density at radius 1 is 1.24 bits per heavy atom. The van der Waals surface area contributed by atoms with Crippen LogP contribution in [-0.2, 0) is 6.42 Å². The molecule has 1 aliphatic carbocycles. The number of phenols is 1. The van der Waals surface area contributed by atoms with Gasteiger partial charge in [-0.1, -0.05) is 0 Å². The first-order valence-corrected chi connectivity index (χ1v) is 6.53. The molecule has 88 valence electrons. The molecule has 2 N–H and O–H groups in total. The van der Waals surface area contributed by atoms with Gasteiger partial charge in [0.25, 0.3) is 0 Å². The number of aromatic nitrogens is 1. The van der Waals surface area contributed by atoms with E-state index in [9.17, 15) is 10.2 Å². The summed E-state index contributed by atoms with van der Waals surface area (Å²) in [6.07, 6.45) is 2.46. The van der Waals surface area contributed by atoms with Crippen LogP contribution >= 0.6 is 11.3 Å². The molecule has 0 bridgehead atoms. The van der Waals surface area contributed by atoms with E-state index in [0.717, 1.165) is 35.5 Å². The largest absolute Gasteiger partial charge is 0.508 e. The molecule has 0 saturated carbocycles. The number of phenolic OH excluding ortho intramolecular Hbond substituents is 1. The summed E-state index contributed by atoms with van der Waals surface area (Å²) in [5.41, 5.74) is 1.85. The van der Waals surface area contributed by atoms with Gasteiger partial charge in [0, 0.05) is 10.4 Å². The first-order valence-electron chi connectivity index (χ1n) is 5.71. The number of aliphatic hydroxyl groups is 1. The second-order valence-corrected chi connectivity index (χ2v) is 5.37. The van der Waals surface area contributed by atoms with Gasteiger partial charge in [-0.2, -0.15) is 0 Å². The van der Waals surface area contributed by atoms with Crippen LogP contribution in [0.15, 0.2) is 24.3 Å². The fourth-order valence-corrected chi connectivity index (χ4v) is 3.29. The van der Waals surface area contributed by atoms with E-state index in [1.807, 2.05) is 12.1 Å². The Labute approximate surface area is 103 Å². The van der Waals surface area contributed by atoms with Crippen molar-refractivity contribution in [3.8, 4) is 16.3 Å². The van der Waals surface area contributed by atoms with Crippen molar-refractivity contribution >= 4 is 11.3 Å². The van der Waals surface area contributed by atoms with E-state index in [1.165, 1.54) is 4.88 Å². The van der Waals surface area contributed by atoms with Crippen molar-refractivity contribution in [2.45, 2.75) is 25.4 Å². The minimum Gasteiger partial charge on any atom is -0.508 e. The Morgan fingerprint density at radius 3 is 2.71 bits per heavy atom. The molecular formula is C13H13NO2S. The second kappa shape index (κ2) is 4.13. The third-order valence-electron chi connectivity index (χ3n) is 3.04. The Balaban J connectivity index is 2.02. The number of hydrogen-bond donors (Lipinski definition) is 2. The van der Waals surface area contributed by atoms with Gasteiger partial charge >= 0.3 is 0 Å². The highest BCUT2D eigenvalue weighted by Gasteiger charge is 2.23. The first-order chi connectivity index (χ1) is 8.24. The SMILES string of the molecule is Oc1ccc(-c2nc3c(s2)CCCC3O)cc1. The third-order valence-corrected chi connectivity index (χ3v) is 4.22. The lowest BCUT2D eigenvalue weighted by Gasteiger charge is -2.14. The van der Waals surface area contributed by atoms with E-state index in [4.69, 9.17) is 0 Å². The van der Waals surface area contributed by atoms with Crippen LogP contribution in [-0.4, -0.2) is 15.2 Å². The minimum absolute atomic E-state index is 0.259. The minimum atomic E-state index is -0.402. The van der Waals surface area contributed by atoms with E-state index in [1.54, 1.807) is 23.5 Å². The molecule has 0 amide bonds. The molecule has 1 aromatic carbocycles. The molecule has 1 heterocycles. The molecule has 0 spiro atoms. The van der Waals surface area contributed by atoms with Crippen LogP contribution in [0.4, 0.5) is 0 Å². The fourth-order valence-electron chi connectivity index (χ4n) is 2.12. The summed E-state index contributed by atoms with van der Waals surface area (Å²) in [6.45, 7) is 0. The number of hydrogen-bond acceptors (Lipinski definition) is 4. The predicted octanol–water partition coefficient (Wildman–Crippen LogP) is 2.89. The van der Waals surface area contributed by atoms with Crippen LogP contribution in [0.3, 0.4) is 0 Å². The molecule has 3 rings (SSSR count). The summed E-state index contributed by atoms with van der Waals surface area (Å²) in [5.74, 6) is 0.259. The summed E-state index contributed by atoms with van der Waals surface area (Å²) < 4.78 is 0. The van der Waals surface area contributed by atoms with Crippen LogP contribution in [0.5, 0.6) is 5.75 Å². The zero-order chi connectivity index (χ0) is 11.8. The maximum Gasteiger partial charge on any atom is 0.123 e. The van der Waals surface area contributed by atoms with Gasteiger partial charge in [0.2, 0.25) is 0 Å². The van der Waals surface area contributed by atoms with Crippen molar-refractivity contribution in [1.29, 1.82) is 0 Å². The molecule has 1 unspecified atom stereocenters. The van der Waals surface area contributed by atoms with Crippen molar-refractivity contribution in [3.63, 3.8) is 0 Å². The van der Waals surface area contributed by atoms with Gasteiger partial charge in [-0.15, -0.1) is 11.3 Å². The van der Waals surface area contributed by atoms with Crippen molar-refractivity contribution < 1.29 is 10.2 Å². The van der Waals surface area contributed by atoms with Crippen LogP contribution in [0.25, 0.3) is 10.6 Å². The Hall–Kier alpha value is -1.39. The van der Waals surface area contributed by atoms with E-state index in [0.29, 0.717) is 0 Å². The average molecular weight is 247 g/mol. The van der Waals surface area contributed by atoms with Crippen molar-refractivity contribution in [1.82, 2.24) is 4.98 Å². The molecule has 2 aromatic rings. The summed E-state index contributed by atoms with van der Waals surface area (Å²) in [6, 6.07) is 7.02. The molecule has 1 aliphatic rings. The molecular weight excluding hydrogens is 234 g/mol. The molecule has 0 saturated heterocycles. The fraction of sp³-hybridized carbons (Fsp3) is 0.308. The number of benzene rings is 1. The normalized spacial score (nSPS) is 19.0. The van der Waals surface area contributed by atoms with Crippen LogP contribution in [0, 0.1) is 0 Å². The number of fused-ring (bicyclic) bond motifs is 1. The maximum absolute atomic E-state index is 9.87. The quantitative estimate of drug-likeness (QED) is 0.814. The van der Waals surface area contributed by atoms with Gasteiger partial charge in [-0.3, -0.25) is 0 Å². The van der Waals surface area contributed by atoms with E-state index in [2.05, 4.69) is 4.98 Å². The molecule has 4 heteroatoms. The number of aliphatic hydroxyl groups excluding tert-OH is 1. The molecule has 1 aromatic heterocycles. The zero-order valence-corrected chi connectivity index (χ0v) is 10.1. The topological polar surface area (TPSA) is 53.4 Å². The first kappa shape index (κ1) is 10.7. The number of nitrogens with zero attached hydrogens (tertiary/aromatic N) is 1. The standard InChI is InChI=1S/C13H13NO2S/c15-9-6-4-8(5-7-9)13-14-12-10(16)2-1-3-11(12)17-13/h4-7,10,15-16H,1-3H2. The third kappa shape index (κ3) is 1.94. The number of aryl methyl sites for hydroxylation is 1. The van der Waals surface area contributed by atoms with Crippen molar-refractivity contribution in [2.75, 3.05) is 0 Å². The summed E-state index contributed by atoms with van der Waals surface area (Å²) in [7, 11) is 0. The maximum atomic E-state index is 9.87. The molecule has 0 fully saturated rings. The Bertz CT molecular complexity index is 533. The smallest absolute Gasteiger partial charge is 0.123 e. The summed E-state index contributed by atoms with van der Waals surface area (Å²) in [4.78, 5) is 5.72. The lowest BCUT2D eigenvalue weighted by molar-refractivity contribution is 0.153. The van der Waals surface area contributed by atoms with Gasteiger partial charge in [-0.05, 0) is 43.5 Å². The summed E-state index contributed by atoms with van der Waals surface area (Å²) >= 11 is 1.65. The van der Waals surface area contributed by atoms with Crippen molar-refractivity contribution in [2.24, 2.45) is 0 Å². The number of thiazole rings is 1. The van der Waals surface area contributed by atoms with Crippen LogP contribution < -0.4 is 0 Å². The van der Waals surface area contributed by atoms with Gasteiger partial charge in [-0.25, -0.2) is 4.98 Å². The molecule has 0 aliphatic heterocycles. The van der Waals surface area contributed by atoms with E-state index >= 15 is 0 Å². The van der Waals surface area contributed by atoms with Crippen LogP contribution in [0.2, 0.25) is 0 Å². The molecule has 17 heavy (non-hydrogen) atoms. The number of rotatable bonds is 1. The number of aromatic hydroxyl groups is 1. The van der Waals surface area contributed by atoms with Gasteiger partial charge in [0.1, 0.15) is 10.8 Å². The molecule has 1 atom stereocenters. The van der Waals surface area contributed by atoms with Gasteiger partial charge < -0.3 is 10.2 Å². The second-order valence-electron chi connectivity index (χ2n) is 4.28. The summed E-state index contributed by atoms with van der Waals surface area (Å²) in [5, 5.41) is 20.0. The van der Waals surface area contributed by atoms with Gasteiger partial charge in [0.05, 0.1) is 11.8 Å². The van der Waals surface area contributed by atoms with E-state index < -0.39 is 6.10 Å². The average Bonchev–Trinajstić information content (AvgIpc) is 2.75.